The zero-order valence-electron chi connectivity index (χ0n) is 19.2. The second-order valence-corrected chi connectivity index (χ2v) is 8.43. The average Bonchev–Trinajstić information content (AvgIpc) is 2.86. The van der Waals surface area contributed by atoms with Gasteiger partial charge in [-0.2, -0.15) is 0 Å². The van der Waals surface area contributed by atoms with E-state index in [0.29, 0.717) is 0 Å². The summed E-state index contributed by atoms with van der Waals surface area (Å²) in [5.41, 5.74) is 3.37. The van der Waals surface area contributed by atoms with Crippen molar-refractivity contribution in [3.63, 3.8) is 0 Å². The first-order chi connectivity index (χ1) is 16.5. The minimum Gasteiger partial charge on any atom is -0.374 e. The molecule has 0 spiro atoms. The van der Waals surface area contributed by atoms with Crippen LogP contribution in [0.5, 0.6) is 0 Å². The van der Waals surface area contributed by atoms with E-state index in [0.717, 1.165) is 44.1 Å². The Morgan fingerprint density at radius 2 is 1.59 bits per heavy atom. The molecule has 1 saturated heterocycles. The van der Waals surface area contributed by atoms with E-state index in [1.807, 2.05) is 18.2 Å². The Labute approximate surface area is 199 Å². The van der Waals surface area contributed by atoms with Crippen LogP contribution in [-0.2, 0) is 11.3 Å². The molecule has 1 fully saturated rings. The molecule has 1 aliphatic rings. The normalized spacial score (nSPS) is 14.9. The number of carbonyl (C=O) groups excluding carboxylic acids is 1. The summed E-state index contributed by atoms with van der Waals surface area (Å²) in [6, 6.07) is 24.1. The molecule has 0 aromatic heterocycles. The van der Waals surface area contributed by atoms with Crippen LogP contribution in [-0.4, -0.2) is 48.0 Å². The lowest BCUT2D eigenvalue weighted by molar-refractivity contribution is -0.383. The summed E-state index contributed by atoms with van der Waals surface area (Å²) in [5.74, 6) is -0.340. The highest BCUT2D eigenvalue weighted by molar-refractivity contribution is 5.98. The van der Waals surface area contributed by atoms with Crippen LogP contribution in [0, 0.1) is 10.1 Å². The van der Waals surface area contributed by atoms with Gasteiger partial charge in [-0.3, -0.25) is 19.8 Å². The Hall–Kier alpha value is -3.91. The van der Waals surface area contributed by atoms with Gasteiger partial charge in [0.2, 0.25) is 5.91 Å². The fourth-order valence-electron chi connectivity index (χ4n) is 4.07. The third-order valence-electron chi connectivity index (χ3n) is 5.99. The van der Waals surface area contributed by atoms with Crippen molar-refractivity contribution in [2.45, 2.75) is 19.5 Å². The number of amides is 1. The molecule has 0 radical (unpaired) electrons. The molecule has 0 bridgehead atoms. The molecule has 1 heterocycles. The maximum atomic E-state index is 12.6. The number of para-hydroxylation sites is 2. The van der Waals surface area contributed by atoms with E-state index in [1.165, 1.54) is 17.7 Å². The van der Waals surface area contributed by atoms with Crippen molar-refractivity contribution in [3.8, 4) is 0 Å². The molecule has 0 saturated carbocycles. The number of piperazine rings is 1. The smallest absolute Gasteiger partial charge is 0.292 e. The van der Waals surface area contributed by atoms with E-state index in [-0.39, 0.29) is 17.3 Å². The molecule has 8 heteroatoms. The number of nitrogens with zero attached hydrogens (tertiary/aromatic N) is 3. The molecule has 3 aromatic carbocycles. The van der Waals surface area contributed by atoms with Crippen molar-refractivity contribution in [1.29, 1.82) is 0 Å². The van der Waals surface area contributed by atoms with Crippen LogP contribution in [0.15, 0.2) is 78.9 Å². The van der Waals surface area contributed by atoms with E-state index in [1.54, 1.807) is 19.1 Å². The molecular formula is C26H29N5O3. The lowest BCUT2D eigenvalue weighted by Gasteiger charge is -2.36. The summed E-state index contributed by atoms with van der Waals surface area (Å²) < 4.78 is 0. The van der Waals surface area contributed by atoms with E-state index in [9.17, 15) is 14.9 Å². The second-order valence-electron chi connectivity index (χ2n) is 8.43. The molecule has 176 valence electrons. The Balaban J connectivity index is 1.28. The van der Waals surface area contributed by atoms with Gasteiger partial charge in [0, 0.05) is 50.2 Å². The van der Waals surface area contributed by atoms with Gasteiger partial charge in [-0.25, -0.2) is 0 Å². The van der Waals surface area contributed by atoms with Crippen molar-refractivity contribution in [2.75, 3.05) is 41.7 Å². The number of benzene rings is 3. The van der Waals surface area contributed by atoms with Gasteiger partial charge < -0.3 is 15.5 Å². The number of anilines is 3. The van der Waals surface area contributed by atoms with Gasteiger partial charge >= 0.3 is 0 Å². The Bertz CT molecular complexity index is 1110. The maximum Gasteiger partial charge on any atom is 0.292 e. The van der Waals surface area contributed by atoms with Crippen molar-refractivity contribution < 1.29 is 9.72 Å². The first-order valence-electron chi connectivity index (χ1n) is 11.4. The molecule has 1 atom stereocenters. The molecule has 8 nitrogen and oxygen atoms in total. The summed E-state index contributed by atoms with van der Waals surface area (Å²) in [4.78, 5) is 28.1. The first kappa shape index (κ1) is 23.3. The van der Waals surface area contributed by atoms with Gasteiger partial charge in [-0.15, -0.1) is 0 Å². The van der Waals surface area contributed by atoms with Crippen LogP contribution in [0.3, 0.4) is 0 Å². The number of hydrogen-bond donors (Lipinski definition) is 2. The Morgan fingerprint density at radius 1 is 0.941 bits per heavy atom. The number of rotatable bonds is 8. The molecule has 1 unspecified atom stereocenters. The number of nitro benzene ring substituents is 1. The SMILES string of the molecule is CC(Nc1ccc(N2CCN(Cc3ccccc3)CC2)cc1)C(=O)Nc1ccccc1[N+](=O)[O-]. The van der Waals surface area contributed by atoms with Crippen molar-refractivity contribution in [3.05, 3.63) is 94.5 Å². The summed E-state index contributed by atoms with van der Waals surface area (Å²) >= 11 is 0. The van der Waals surface area contributed by atoms with Gasteiger partial charge in [0.05, 0.1) is 4.92 Å². The number of nitrogens with one attached hydrogen (secondary N) is 2. The predicted octanol–water partition coefficient (Wildman–Crippen LogP) is 4.36. The van der Waals surface area contributed by atoms with Crippen LogP contribution in [0.2, 0.25) is 0 Å². The standard InChI is InChI=1S/C26H29N5O3/c1-20(26(32)28-24-9-5-6-10-25(24)31(33)34)27-22-11-13-23(14-12-22)30-17-15-29(16-18-30)19-21-7-3-2-4-8-21/h2-14,20,27H,15-19H2,1H3,(H,28,32). The van der Waals surface area contributed by atoms with E-state index < -0.39 is 11.0 Å². The quantitative estimate of drug-likeness (QED) is 0.384. The molecular weight excluding hydrogens is 430 g/mol. The second kappa shape index (κ2) is 10.8. The molecule has 34 heavy (non-hydrogen) atoms. The van der Waals surface area contributed by atoms with E-state index in [2.05, 4.69) is 56.8 Å². The lowest BCUT2D eigenvalue weighted by Crippen LogP contribution is -2.45. The topological polar surface area (TPSA) is 90.8 Å². The lowest BCUT2D eigenvalue weighted by atomic mass is 10.2. The molecule has 1 amide bonds. The van der Waals surface area contributed by atoms with Crippen LogP contribution in [0.1, 0.15) is 12.5 Å². The van der Waals surface area contributed by atoms with E-state index in [4.69, 9.17) is 0 Å². The van der Waals surface area contributed by atoms with Crippen LogP contribution < -0.4 is 15.5 Å². The van der Waals surface area contributed by atoms with Gasteiger partial charge in [-0.1, -0.05) is 42.5 Å². The average molecular weight is 460 g/mol. The third kappa shape index (κ3) is 5.90. The zero-order chi connectivity index (χ0) is 23.9. The summed E-state index contributed by atoms with van der Waals surface area (Å²) in [6.07, 6.45) is 0. The van der Waals surface area contributed by atoms with Crippen molar-refractivity contribution in [2.24, 2.45) is 0 Å². The largest absolute Gasteiger partial charge is 0.374 e. The number of hydrogen-bond acceptors (Lipinski definition) is 6. The van der Waals surface area contributed by atoms with Crippen LogP contribution in [0.4, 0.5) is 22.7 Å². The highest BCUT2D eigenvalue weighted by Gasteiger charge is 2.20. The van der Waals surface area contributed by atoms with Crippen molar-refractivity contribution >= 4 is 28.7 Å². The van der Waals surface area contributed by atoms with Crippen molar-refractivity contribution in [1.82, 2.24) is 4.90 Å². The van der Waals surface area contributed by atoms with Crippen LogP contribution >= 0.6 is 0 Å². The fourth-order valence-corrected chi connectivity index (χ4v) is 4.07. The minimum absolute atomic E-state index is 0.128. The maximum absolute atomic E-state index is 12.6. The van der Waals surface area contributed by atoms with Gasteiger partial charge in [0.25, 0.3) is 5.69 Å². The predicted molar refractivity (Wildman–Crippen MR) is 135 cm³/mol. The minimum atomic E-state index is -0.563. The molecule has 3 aromatic rings. The number of nitro groups is 1. The van der Waals surface area contributed by atoms with Gasteiger partial charge in [0.15, 0.2) is 0 Å². The highest BCUT2D eigenvalue weighted by atomic mass is 16.6. The molecule has 4 rings (SSSR count). The zero-order valence-corrected chi connectivity index (χ0v) is 19.2. The van der Waals surface area contributed by atoms with Crippen LogP contribution in [0.25, 0.3) is 0 Å². The molecule has 2 N–H and O–H groups in total. The monoisotopic (exact) mass is 459 g/mol. The fraction of sp³-hybridized carbons (Fsp3) is 0.269. The molecule has 1 aliphatic heterocycles. The summed E-state index contributed by atoms with van der Waals surface area (Å²) in [7, 11) is 0. The van der Waals surface area contributed by atoms with Gasteiger partial charge in [0.1, 0.15) is 11.7 Å². The summed E-state index contributed by atoms with van der Waals surface area (Å²) in [5, 5.41) is 17.0. The number of carbonyl (C=O) groups is 1. The Kier molecular flexibility index (Phi) is 7.39. The third-order valence-corrected chi connectivity index (χ3v) is 5.99. The molecule has 0 aliphatic carbocycles. The first-order valence-corrected chi connectivity index (χ1v) is 11.4. The summed E-state index contributed by atoms with van der Waals surface area (Å²) in [6.45, 7) is 6.66. The Morgan fingerprint density at radius 3 is 2.26 bits per heavy atom. The van der Waals surface area contributed by atoms with Gasteiger partial charge in [-0.05, 0) is 42.8 Å². The highest BCUT2D eigenvalue weighted by Crippen LogP contribution is 2.24. The van der Waals surface area contributed by atoms with E-state index >= 15 is 0 Å².